The second-order valence-corrected chi connectivity index (χ2v) is 6.00. The van der Waals surface area contributed by atoms with E-state index < -0.39 is 0 Å². The van der Waals surface area contributed by atoms with Crippen LogP contribution in [0.5, 0.6) is 0 Å². The molecule has 106 valence electrons. The topological polar surface area (TPSA) is 26.7 Å². The van der Waals surface area contributed by atoms with E-state index in [-0.39, 0.29) is 24.0 Å². The Bertz CT molecular complexity index is 436. The lowest BCUT2D eigenvalue weighted by atomic mass is 9.92. The molecule has 0 bridgehead atoms. The van der Waals surface area contributed by atoms with Gasteiger partial charge in [-0.25, -0.2) is 4.39 Å². The minimum absolute atomic E-state index is 0.125. The number of rotatable bonds is 3. The summed E-state index contributed by atoms with van der Waals surface area (Å²) < 4.78 is 14.1. The van der Waals surface area contributed by atoms with E-state index >= 15 is 0 Å². The van der Waals surface area contributed by atoms with Gasteiger partial charge in [-0.1, -0.05) is 12.1 Å². The van der Waals surface area contributed by atoms with Crippen LogP contribution < -0.4 is 4.90 Å². The van der Waals surface area contributed by atoms with E-state index in [1.807, 2.05) is 12.1 Å². The lowest BCUT2D eigenvalue weighted by Crippen LogP contribution is -2.63. The molecule has 3 nitrogen and oxygen atoms in total. The van der Waals surface area contributed by atoms with Crippen molar-refractivity contribution in [3.8, 4) is 0 Å². The van der Waals surface area contributed by atoms with Crippen molar-refractivity contribution < 1.29 is 9.50 Å². The average molecular weight is 266 g/mol. The minimum atomic E-state index is -0.192. The first-order valence-corrected chi connectivity index (χ1v) is 6.79. The van der Waals surface area contributed by atoms with Gasteiger partial charge >= 0.3 is 0 Å². The van der Waals surface area contributed by atoms with Crippen LogP contribution in [0.2, 0.25) is 0 Å². The molecule has 1 fully saturated rings. The third-order valence-electron chi connectivity index (χ3n) is 3.77. The number of nitrogens with zero attached hydrogens (tertiary/aromatic N) is 2. The highest BCUT2D eigenvalue weighted by Crippen LogP contribution is 2.33. The van der Waals surface area contributed by atoms with E-state index in [2.05, 4.69) is 30.7 Å². The Labute approximate surface area is 114 Å². The van der Waals surface area contributed by atoms with Crippen molar-refractivity contribution in [2.75, 3.05) is 31.6 Å². The SMILES string of the molecule is CN1CC(CCO)N(c2ccccc2F)C(C)(C)C1. The van der Waals surface area contributed by atoms with E-state index in [4.69, 9.17) is 0 Å². The summed E-state index contributed by atoms with van der Waals surface area (Å²) in [6, 6.07) is 7.04. The summed E-state index contributed by atoms with van der Waals surface area (Å²) in [4.78, 5) is 4.39. The van der Waals surface area contributed by atoms with Gasteiger partial charge in [0, 0.05) is 31.3 Å². The Kier molecular flexibility index (Phi) is 4.11. The third kappa shape index (κ3) is 2.90. The molecule has 0 amide bonds. The maximum absolute atomic E-state index is 14.1. The number of hydrogen-bond acceptors (Lipinski definition) is 3. The predicted octanol–water partition coefficient (Wildman–Crippen LogP) is 2.11. The first-order chi connectivity index (χ1) is 8.95. The minimum Gasteiger partial charge on any atom is -0.396 e. The standard InChI is InChI=1S/C15H23FN2O/c1-15(2)11-17(3)10-12(8-9-19)18(15)14-7-5-4-6-13(14)16/h4-7,12,19H,8-11H2,1-3H3. The Morgan fingerprint density at radius 2 is 2.05 bits per heavy atom. The number of aliphatic hydroxyl groups is 1. The molecule has 1 aliphatic rings. The van der Waals surface area contributed by atoms with Gasteiger partial charge in [-0.2, -0.15) is 0 Å². The van der Waals surface area contributed by atoms with Gasteiger partial charge in [-0.15, -0.1) is 0 Å². The molecular weight excluding hydrogens is 243 g/mol. The van der Waals surface area contributed by atoms with Crippen molar-refractivity contribution in [3.63, 3.8) is 0 Å². The van der Waals surface area contributed by atoms with E-state index in [0.29, 0.717) is 12.1 Å². The molecule has 1 atom stereocenters. The maximum Gasteiger partial charge on any atom is 0.146 e. The van der Waals surface area contributed by atoms with Gasteiger partial charge in [0.1, 0.15) is 5.82 Å². The van der Waals surface area contributed by atoms with Crippen LogP contribution in [0.15, 0.2) is 24.3 Å². The van der Waals surface area contributed by atoms with Crippen LogP contribution in [-0.2, 0) is 0 Å². The number of hydrogen-bond donors (Lipinski definition) is 1. The lowest BCUT2D eigenvalue weighted by Gasteiger charge is -2.52. The molecule has 4 heteroatoms. The van der Waals surface area contributed by atoms with Crippen molar-refractivity contribution in [3.05, 3.63) is 30.1 Å². The number of aliphatic hydroxyl groups excluding tert-OH is 1. The van der Waals surface area contributed by atoms with Gasteiger partial charge < -0.3 is 14.9 Å². The second kappa shape index (κ2) is 5.47. The van der Waals surface area contributed by atoms with E-state index in [1.54, 1.807) is 6.07 Å². The fourth-order valence-corrected chi connectivity index (χ4v) is 3.28. The molecule has 1 aromatic rings. The molecule has 0 aliphatic carbocycles. The number of likely N-dealkylation sites (N-methyl/N-ethyl adjacent to an activating group) is 1. The highest BCUT2D eigenvalue weighted by molar-refractivity contribution is 5.52. The number of halogens is 1. The fourth-order valence-electron chi connectivity index (χ4n) is 3.28. The molecule has 1 N–H and O–H groups in total. The Hall–Kier alpha value is -1.13. The van der Waals surface area contributed by atoms with E-state index in [9.17, 15) is 9.50 Å². The van der Waals surface area contributed by atoms with Crippen LogP contribution in [0.3, 0.4) is 0 Å². The summed E-state index contributed by atoms with van der Waals surface area (Å²) in [5.74, 6) is -0.192. The van der Waals surface area contributed by atoms with E-state index in [1.165, 1.54) is 6.07 Å². The van der Waals surface area contributed by atoms with Crippen LogP contribution in [0.25, 0.3) is 0 Å². The Morgan fingerprint density at radius 3 is 2.68 bits per heavy atom. The zero-order valence-corrected chi connectivity index (χ0v) is 11.9. The first-order valence-electron chi connectivity index (χ1n) is 6.79. The summed E-state index contributed by atoms with van der Waals surface area (Å²) in [7, 11) is 2.07. The zero-order chi connectivity index (χ0) is 14.0. The number of para-hydroxylation sites is 1. The van der Waals surface area contributed by atoms with Gasteiger partial charge in [0.15, 0.2) is 0 Å². The van der Waals surface area contributed by atoms with Crippen LogP contribution in [-0.4, -0.2) is 48.3 Å². The van der Waals surface area contributed by atoms with Crippen molar-refractivity contribution in [2.45, 2.75) is 31.8 Å². The summed E-state index contributed by atoms with van der Waals surface area (Å²) in [6.45, 7) is 6.10. The molecule has 19 heavy (non-hydrogen) atoms. The molecule has 2 rings (SSSR count). The van der Waals surface area contributed by atoms with E-state index in [0.717, 1.165) is 13.1 Å². The van der Waals surface area contributed by atoms with Crippen LogP contribution in [0.4, 0.5) is 10.1 Å². The van der Waals surface area contributed by atoms with Crippen molar-refractivity contribution in [1.82, 2.24) is 4.90 Å². The molecular formula is C15H23FN2O. The molecule has 1 unspecified atom stereocenters. The first kappa shape index (κ1) is 14.3. The maximum atomic E-state index is 14.1. The highest BCUT2D eigenvalue weighted by Gasteiger charge is 2.39. The van der Waals surface area contributed by atoms with Gasteiger partial charge in [0.05, 0.1) is 5.69 Å². The summed E-state index contributed by atoms with van der Waals surface area (Å²) in [5, 5.41) is 9.27. The molecule has 1 saturated heterocycles. The Morgan fingerprint density at radius 1 is 1.37 bits per heavy atom. The van der Waals surface area contributed by atoms with Crippen molar-refractivity contribution >= 4 is 5.69 Å². The number of piperazine rings is 1. The van der Waals surface area contributed by atoms with Gasteiger partial charge in [0.25, 0.3) is 0 Å². The summed E-state index contributed by atoms with van der Waals surface area (Å²) >= 11 is 0. The molecule has 0 aromatic heterocycles. The molecule has 0 saturated carbocycles. The summed E-state index contributed by atoms with van der Waals surface area (Å²) in [6.07, 6.45) is 0.655. The van der Waals surface area contributed by atoms with Gasteiger partial charge in [0.2, 0.25) is 0 Å². The predicted molar refractivity (Wildman–Crippen MR) is 75.9 cm³/mol. The zero-order valence-electron chi connectivity index (χ0n) is 11.9. The molecule has 1 aliphatic heterocycles. The molecule has 0 radical (unpaired) electrons. The smallest absolute Gasteiger partial charge is 0.146 e. The second-order valence-electron chi connectivity index (χ2n) is 6.00. The lowest BCUT2D eigenvalue weighted by molar-refractivity contribution is 0.158. The fraction of sp³-hybridized carbons (Fsp3) is 0.600. The molecule has 1 aromatic carbocycles. The normalized spacial score (nSPS) is 23.6. The van der Waals surface area contributed by atoms with Crippen molar-refractivity contribution in [2.24, 2.45) is 0 Å². The van der Waals surface area contributed by atoms with Crippen LogP contribution in [0, 0.1) is 5.82 Å². The van der Waals surface area contributed by atoms with Crippen LogP contribution >= 0.6 is 0 Å². The van der Waals surface area contributed by atoms with Crippen LogP contribution in [0.1, 0.15) is 20.3 Å². The monoisotopic (exact) mass is 266 g/mol. The number of benzene rings is 1. The quantitative estimate of drug-likeness (QED) is 0.907. The molecule has 0 spiro atoms. The van der Waals surface area contributed by atoms with Gasteiger partial charge in [-0.05, 0) is 39.4 Å². The third-order valence-corrected chi connectivity index (χ3v) is 3.77. The largest absolute Gasteiger partial charge is 0.396 e. The van der Waals surface area contributed by atoms with Gasteiger partial charge in [-0.3, -0.25) is 0 Å². The number of anilines is 1. The highest BCUT2D eigenvalue weighted by atomic mass is 19.1. The Balaban J connectivity index is 2.39. The average Bonchev–Trinajstić information content (AvgIpc) is 2.29. The summed E-state index contributed by atoms with van der Waals surface area (Å²) in [5.41, 5.74) is 0.480. The van der Waals surface area contributed by atoms with Crippen molar-refractivity contribution in [1.29, 1.82) is 0 Å². The molecule has 1 heterocycles.